The number of hydrogen-bond donors (Lipinski definition) is 0. The third-order valence-electron chi connectivity index (χ3n) is 12.1. The Labute approximate surface area is 449 Å². The summed E-state index contributed by atoms with van der Waals surface area (Å²) in [5.41, 5.74) is 0. The summed E-state index contributed by atoms with van der Waals surface area (Å²) in [6.07, 6.45) is 84.7. The maximum Gasteiger partial charge on any atom is 0.306 e. The highest BCUT2D eigenvalue weighted by Crippen LogP contribution is 2.15. The fraction of sp³-hybridized carbons (Fsp3) is 0.627. The average molecular weight is 1010 g/mol. The van der Waals surface area contributed by atoms with Crippen molar-refractivity contribution in [1.82, 2.24) is 0 Å². The normalized spacial score (nSPS) is 13.1. The number of ether oxygens (including phenoxy) is 3. The fourth-order valence-corrected chi connectivity index (χ4v) is 7.81. The van der Waals surface area contributed by atoms with Crippen LogP contribution in [0.2, 0.25) is 0 Å². The van der Waals surface area contributed by atoms with E-state index in [-0.39, 0.29) is 37.5 Å². The van der Waals surface area contributed by atoms with Gasteiger partial charge in [-0.3, -0.25) is 14.4 Å². The lowest BCUT2D eigenvalue weighted by atomic mass is 10.0. The molecule has 1 unspecified atom stereocenters. The standard InChI is InChI=1S/C67H108O6/c1-4-7-10-13-16-19-22-25-27-28-29-30-31-32-33-34-35-36-37-38-40-42-45-48-51-54-57-60-66(69)72-63-64(62-71-65(68)59-56-53-50-47-44-41-24-21-18-15-12-9-6-3)73-67(70)61-58-55-52-49-46-43-39-26-23-20-17-14-11-8-5-2/h7-12,16-21,25-27,29-30,39,41,44,50,53,64H,4-6,13-15,22-24,28,31-38,40,42-43,45-49,51-52,54-63H2,1-3H3/b10-7-,11-8-,12-9-,19-16-,20-17-,21-18-,27-25-,30-29-,39-26-,44-41-,53-50-. The van der Waals surface area contributed by atoms with Crippen molar-refractivity contribution in [3.63, 3.8) is 0 Å². The van der Waals surface area contributed by atoms with Gasteiger partial charge in [-0.15, -0.1) is 0 Å². The molecule has 0 saturated heterocycles. The Balaban J connectivity index is 4.33. The van der Waals surface area contributed by atoms with E-state index in [1.54, 1.807) is 0 Å². The van der Waals surface area contributed by atoms with Gasteiger partial charge in [-0.05, 0) is 116 Å². The first kappa shape index (κ1) is 68.6. The number of allylic oxidation sites excluding steroid dienone is 22. The topological polar surface area (TPSA) is 78.9 Å². The number of carbonyl (C=O) groups is 3. The first-order valence-corrected chi connectivity index (χ1v) is 29.7. The van der Waals surface area contributed by atoms with Gasteiger partial charge in [0.2, 0.25) is 0 Å². The zero-order chi connectivity index (χ0) is 52.9. The molecule has 0 spiro atoms. The van der Waals surface area contributed by atoms with Crippen LogP contribution in [0.15, 0.2) is 134 Å². The Bertz CT molecular complexity index is 1580. The van der Waals surface area contributed by atoms with Crippen molar-refractivity contribution in [2.75, 3.05) is 13.2 Å². The third-order valence-corrected chi connectivity index (χ3v) is 12.1. The molecule has 73 heavy (non-hydrogen) atoms. The van der Waals surface area contributed by atoms with Crippen molar-refractivity contribution in [1.29, 1.82) is 0 Å². The zero-order valence-electron chi connectivity index (χ0n) is 47.1. The van der Waals surface area contributed by atoms with E-state index in [1.807, 2.05) is 12.2 Å². The Kier molecular flexibility index (Phi) is 56.4. The van der Waals surface area contributed by atoms with Gasteiger partial charge < -0.3 is 14.2 Å². The van der Waals surface area contributed by atoms with Crippen LogP contribution in [0.1, 0.15) is 252 Å². The van der Waals surface area contributed by atoms with Gasteiger partial charge in [0.15, 0.2) is 6.10 Å². The molecule has 0 N–H and O–H groups in total. The fourth-order valence-electron chi connectivity index (χ4n) is 7.81. The van der Waals surface area contributed by atoms with Crippen molar-refractivity contribution < 1.29 is 28.6 Å². The van der Waals surface area contributed by atoms with Crippen molar-refractivity contribution in [2.24, 2.45) is 0 Å². The van der Waals surface area contributed by atoms with E-state index in [4.69, 9.17) is 14.2 Å². The summed E-state index contributed by atoms with van der Waals surface area (Å²) >= 11 is 0. The number of unbranched alkanes of at least 4 members (excludes halogenated alkanes) is 19. The molecule has 0 saturated carbocycles. The lowest BCUT2D eigenvalue weighted by Gasteiger charge is -2.18. The molecule has 0 aliphatic heterocycles. The summed E-state index contributed by atoms with van der Waals surface area (Å²) in [5.74, 6) is -1.02. The lowest BCUT2D eigenvalue weighted by Crippen LogP contribution is -2.30. The monoisotopic (exact) mass is 1010 g/mol. The molecule has 6 heteroatoms. The Morgan fingerprint density at radius 2 is 0.521 bits per heavy atom. The molecule has 1 atom stereocenters. The van der Waals surface area contributed by atoms with Gasteiger partial charge in [0.1, 0.15) is 13.2 Å². The summed E-state index contributed by atoms with van der Waals surface area (Å²) < 4.78 is 16.8. The smallest absolute Gasteiger partial charge is 0.306 e. The van der Waals surface area contributed by atoms with Gasteiger partial charge in [-0.25, -0.2) is 0 Å². The molecular weight excluding hydrogens is 901 g/mol. The Morgan fingerprint density at radius 3 is 0.849 bits per heavy atom. The number of carbonyl (C=O) groups excluding carboxylic acids is 3. The highest BCUT2D eigenvalue weighted by atomic mass is 16.6. The Morgan fingerprint density at radius 1 is 0.274 bits per heavy atom. The second kappa shape index (κ2) is 60.1. The number of rotatable bonds is 52. The molecule has 0 amide bonds. The van der Waals surface area contributed by atoms with Crippen LogP contribution in [0.25, 0.3) is 0 Å². The van der Waals surface area contributed by atoms with Crippen molar-refractivity contribution >= 4 is 17.9 Å². The predicted octanol–water partition coefficient (Wildman–Crippen LogP) is 20.2. The summed E-state index contributed by atoms with van der Waals surface area (Å²) in [6, 6.07) is 0. The van der Waals surface area contributed by atoms with E-state index in [1.165, 1.54) is 77.0 Å². The van der Waals surface area contributed by atoms with E-state index >= 15 is 0 Å². The predicted molar refractivity (Wildman–Crippen MR) is 316 cm³/mol. The summed E-state index contributed by atoms with van der Waals surface area (Å²) in [4.78, 5) is 38.1. The van der Waals surface area contributed by atoms with Crippen molar-refractivity contribution in [2.45, 2.75) is 258 Å². The van der Waals surface area contributed by atoms with Crippen LogP contribution in [0, 0.1) is 0 Å². The minimum absolute atomic E-state index is 0.111. The molecule has 6 nitrogen and oxygen atoms in total. The molecule has 0 aliphatic rings. The lowest BCUT2D eigenvalue weighted by molar-refractivity contribution is -0.166. The van der Waals surface area contributed by atoms with E-state index < -0.39 is 6.10 Å². The number of esters is 3. The quantitative estimate of drug-likeness (QED) is 0.0261. The first-order valence-electron chi connectivity index (χ1n) is 29.7. The molecule has 0 radical (unpaired) electrons. The van der Waals surface area contributed by atoms with Gasteiger partial charge in [-0.2, -0.15) is 0 Å². The molecule has 0 fully saturated rings. The average Bonchev–Trinajstić information content (AvgIpc) is 3.39. The van der Waals surface area contributed by atoms with Crippen LogP contribution in [0.4, 0.5) is 0 Å². The molecule has 0 aromatic heterocycles. The highest BCUT2D eigenvalue weighted by Gasteiger charge is 2.19. The SMILES string of the molecule is CC/C=C\C/C=C\C/C=C\C/C=C\CCCCCCCCCCCCCCCCC(=O)OCC(COC(=O)CC/C=C\C/C=C\C/C=C\C/C=C\CC)OC(=O)CCCCCCC/C=C\C/C=C\C/C=C\CC. The second-order valence-corrected chi connectivity index (χ2v) is 19.1. The minimum atomic E-state index is -0.820. The molecule has 0 rings (SSSR count). The molecular formula is C67H108O6. The molecule has 0 aliphatic carbocycles. The van der Waals surface area contributed by atoms with Crippen LogP contribution in [0.5, 0.6) is 0 Å². The van der Waals surface area contributed by atoms with E-state index in [0.29, 0.717) is 19.3 Å². The highest BCUT2D eigenvalue weighted by molar-refractivity contribution is 5.71. The maximum absolute atomic E-state index is 12.8. The molecule has 0 aromatic carbocycles. The van der Waals surface area contributed by atoms with E-state index in [0.717, 1.165) is 128 Å². The summed E-state index contributed by atoms with van der Waals surface area (Å²) in [6.45, 7) is 6.22. The molecule has 0 heterocycles. The van der Waals surface area contributed by atoms with Crippen LogP contribution in [0.3, 0.4) is 0 Å². The van der Waals surface area contributed by atoms with E-state index in [2.05, 4.69) is 142 Å². The summed E-state index contributed by atoms with van der Waals surface area (Å²) in [7, 11) is 0. The van der Waals surface area contributed by atoms with Crippen LogP contribution < -0.4 is 0 Å². The van der Waals surface area contributed by atoms with E-state index in [9.17, 15) is 14.4 Å². The van der Waals surface area contributed by atoms with Gasteiger partial charge in [0.25, 0.3) is 0 Å². The van der Waals surface area contributed by atoms with Crippen molar-refractivity contribution in [3.05, 3.63) is 134 Å². The van der Waals surface area contributed by atoms with Gasteiger partial charge in [0, 0.05) is 19.3 Å². The molecule has 412 valence electrons. The molecule has 0 bridgehead atoms. The maximum atomic E-state index is 12.8. The number of hydrogen-bond acceptors (Lipinski definition) is 6. The van der Waals surface area contributed by atoms with Gasteiger partial charge in [0.05, 0.1) is 0 Å². The second-order valence-electron chi connectivity index (χ2n) is 19.1. The zero-order valence-corrected chi connectivity index (χ0v) is 47.1. The van der Waals surface area contributed by atoms with Crippen LogP contribution in [-0.4, -0.2) is 37.2 Å². The van der Waals surface area contributed by atoms with Crippen LogP contribution >= 0.6 is 0 Å². The van der Waals surface area contributed by atoms with Crippen molar-refractivity contribution in [3.8, 4) is 0 Å². The Hall–Kier alpha value is -4.45. The van der Waals surface area contributed by atoms with Gasteiger partial charge in [-0.1, -0.05) is 251 Å². The first-order chi connectivity index (χ1) is 36.0. The minimum Gasteiger partial charge on any atom is -0.462 e. The van der Waals surface area contributed by atoms with Crippen LogP contribution in [-0.2, 0) is 28.6 Å². The van der Waals surface area contributed by atoms with Gasteiger partial charge >= 0.3 is 17.9 Å². The largest absolute Gasteiger partial charge is 0.462 e. The third kappa shape index (κ3) is 58.3. The molecule has 0 aromatic rings. The summed E-state index contributed by atoms with van der Waals surface area (Å²) in [5, 5.41) is 0.